The zero-order valence-corrected chi connectivity index (χ0v) is 18.4. The van der Waals surface area contributed by atoms with E-state index < -0.39 is 29.8 Å². The molecule has 0 spiro atoms. The third-order valence-electron chi connectivity index (χ3n) is 5.37. The monoisotopic (exact) mass is 475 g/mol. The van der Waals surface area contributed by atoms with Crippen LogP contribution < -0.4 is 15.0 Å². The molecule has 2 aliphatic heterocycles. The number of amides is 3. The van der Waals surface area contributed by atoms with Crippen molar-refractivity contribution in [3.8, 4) is 11.5 Å². The van der Waals surface area contributed by atoms with Crippen LogP contribution in [0.25, 0.3) is 0 Å². The Balaban J connectivity index is 1.22. The van der Waals surface area contributed by atoms with E-state index >= 15 is 0 Å². The summed E-state index contributed by atoms with van der Waals surface area (Å²) in [5, 5.41) is 12.3. The van der Waals surface area contributed by atoms with Gasteiger partial charge in [-0.3, -0.25) is 19.4 Å². The molecule has 5 rings (SSSR count). The van der Waals surface area contributed by atoms with Crippen molar-refractivity contribution in [1.82, 2.24) is 5.01 Å². The van der Waals surface area contributed by atoms with Crippen molar-refractivity contribution in [2.75, 3.05) is 16.8 Å². The molecule has 170 valence electrons. The summed E-state index contributed by atoms with van der Waals surface area (Å²) in [5.41, 5.74) is 0.945. The molecule has 0 saturated carbocycles. The lowest BCUT2D eigenvalue weighted by molar-refractivity contribution is -0.123. The van der Waals surface area contributed by atoms with Crippen LogP contribution in [0.15, 0.2) is 89.2 Å². The number of benzene rings is 3. The molecule has 1 fully saturated rings. The van der Waals surface area contributed by atoms with Crippen LogP contribution >= 0.6 is 11.6 Å². The minimum absolute atomic E-state index is 0.236. The fraction of sp³-hybridized carbons (Fsp3) is 0.125. The second-order valence-electron chi connectivity index (χ2n) is 7.67. The summed E-state index contributed by atoms with van der Waals surface area (Å²) in [7, 11) is 0. The largest absolute Gasteiger partial charge is 0.457 e. The number of hydrogen-bond donors (Lipinski definition) is 1. The number of halogens is 1. The number of rotatable bonds is 6. The number of imide groups is 1. The molecular weight excluding hydrogens is 458 g/mol. The van der Waals surface area contributed by atoms with E-state index in [-0.39, 0.29) is 6.54 Å². The molecule has 0 bridgehead atoms. The molecule has 0 aliphatic carbocycles. The Morgan fingerprint density at radius 3 is 2.29 bits per heavy atom. The predicted molar refractivity (Wildman–Crippen MR) is 125 cm³/mol. The molecular formula is C24H18ClN5O4. The van der Waals surface area contributed by atoms with E-state index in [4.69, 9.17) is 16.3 Å². The number of carbonyl (C=O) groups excluding carboxylic acids is 3. The average molecular weight is 476 g/mol. The van der Waals surface area contributed by atoms with E-state index in [0.717, 1.165) is 4.90 Å². The van der Waals surface area contributed by atoms with Crippen LogP contribution in [0, 0.1) is 0 Å². The summed E-state index contributed by atoms with van der Waals surface area (Å²) in [6.07, 6.45) is 0. The lowest BCUT2D eigenvalue weighted by Crippen LogP contribution is -2.43. The van der Waals surface area contributed by atoms with Gasteiger partial charge in [-0.05, 0) is 60.7 Å². The normalized spacial score (nSPS) is 18.9. The Hall–Kier alpha value is -4.24. The lowest BCUT2D eigenvalue weighted by atomic mass is 10.1. The van der Waals surface area contributed by atoms with Crippen molar-refractivity contribution in [1.29, 1.82) is 0 Å². The standard InChI is InChI=1S/C24H18ClN5O4/c25-15-6-10-17(11-7-15)30-23(32)21-22(24(30)33)29(28-27-21)14-20(31)26-16-8-12-19(13-9-16)34-18-4-2-1-3-5-18/h1-13,21-22H,14H2,(H,26,31). The minimum Gasteiger partial charge on any atom is -0.457 e. The number of nitrogens with one attached hydrogen (secondary N) is 1. The van der Waals surface area contributed by atoms with Gasteiger partial charge in [0, 0.05) is 10.7 Å². The van der Waals surface area contributed by atoms with E-state index in [9.17, 15) is 14.4 Å². The lowest BCUT2D eigenvalue weighted by Gasteiger charge is -2.20. The first-order valence-electron chi connectivity index (χ1n) is 10.4. The topological polar surface area (TPSA) is 104 Å². The van der Waals surface area contributed by atoms with E-state index in [1.165, 1.54) is 5.01 Å². The second kappa shape index (κ2) is 8.95. The third-order valence-corrected chi connectivity index (χ3v) is 5.62. The van der Waals surface area contributed by atoms with Crippen LogP contribution in [0.1, 0.15) is 0 Å². The molecule has 3 amide bonds. The predicted octanol–water partition coefficient (Wildman–Crippen LogP) is 4.06. The quantitative estimate of drug-likeness (QED) is 0.541. The first kappa shape index (κ1) is 21.6. The van der Waals surface area contributed by atoms with Gasteiger partial charge in [0.1, 0.15) is 18.0 Å². The number of fused-ring (bicyclic) bond motifs is 1. The van der Waals surface area contributed by atoms with Crippen molar-refractivity contribution >= 4 is 40.7 Å². The number of nitrogens with zero attached hydrogens (tertiary/aromatic N) is 4. The highest BCUT2D eigenvalue weighted by Gasteiger charge is 2.55. The summed E-state index contributed by atoms with van der Waals surface area (Å²) in [4.78, 5) is 39.4. The van der Waals surface area contributed by atoms with Crippen molar-refractivity contribution in [2.45, 2.75) is 12.1 Å². The van der Waals surface area contributed by atoms with E-state index in [2.05, 4.69) is 15.7 Å². The summed E-state index contributed by atoms with van der Waals surface area (Å²) < 4.78 is 5.74. The smallest absolute Gasteiger partial charge is 0.263 e. The molecule has 2 heterocycles. The van der Waals surface area contributed by atoms with Crippen LogP contribution in [0.3, 0.4) is 0 Å². The molecule has 9 nitrogen and oxygen atoms in total. The number of anilines is 2. The van der Waals surface area contributed by atoms with Crippen molar-refractivity contribution in [3.63, 3.8) is 0 Å². The molecule has 0 aromatic heterocycles. The minimum atomic E-state index is -0.981. The van der Waals surface area contributed by atoms with Crippen LogP contribution in [0.5, 0.6) is 11.5 Å². The molecule has 1 N–H and O–H groups in total. The summed E-state index contributed by atoms with van der Waals surface area (Å²) in [5.74, 6) is -0.0496. The van der Waals surface area contributed by atoms with Gasteiger partial charge < -0.3 is 10.1 Å². The maximum atomic E-state index is 13.0. The Labute approximate surface area is 199 Å². The second-order valence-corrected chi connectivity index (χ2v) is 8.10. The Kier molecular flexibility index (Phi) is 5.69. The van der Waals surface area contributed by atoms with Gasteiger partial charge in [-0.15, -0.1) is 0 Å². The molecule has 3 aromatic carbocycles. The highest BCUT2D eigenvalue weighted by molar-refractivity contribution is 6.31. The van der Waals surface area contributed by atoms with Crippen LogP contribution in [-0.4, -0.2) is 41.4 Å². The van der Waals surface area contributed by atoms with Crippen molar-refractivity contribution in [3.05, 3.63) is 83.9 Å². The van der Waals surface area contributed by atoms with Crippen molar-refractivity contribution < 1.29 is 19.1 Å². The molecule has 10 heteroatoms. The molecule has 2 aliphatic rings. The Morgan fingerprint density at radius 1 is 0.912 bits per heavy atom. The van der Waals surface area contributed by atoms with Gasteiger partial charge >= 0.3 is 0 Å². The zero-order valence-electron chi connectivity index (χ0n) is 17.7. The summed E-state index contributed by atoms with van der Waals surface area (Å²) in [6.45, 7) is -0.236. The van der Waals surface area contributed by atoms with Gasteiger partial charge in [-0.1, -0.05) is 35.0 Å². The van der Waals surface area contributed by atoms with Gasteiger partial charge in [0.15, 0.2) is 12.1 Å². The van der Waals surface area contributed by atoms with Gasteiger partial charge in [-0.25, -0.2) is 4.90 Å². The fourth-order valence-electron chi connectivity index (χ4n) is 3.78. The molecule has 1 saturated heterocycles. The van der Waals surface area contributed by atoms with E-state index in [1.54, 1.807) is 48.5 Å². The van der Waals surface area contributed by atoms with E-state index in [0.29, 0.717) is 27.9 Å². The SMILES string of the molecule is O=C(CN1N=NC2C(=O)N(c3ccc(Cl)cc3)C(=O)C21)Nc1ccc(Oc2ccccc2)cc1. The fourth-order valence-corrected chi connectivity index (χ4v) is 3.90. The Bertz CT molecular complexity index is 1260. The summed E-state index contributed by atoms with van der Waals surface area (Å²) >= 11 is 5.90. The molecule has 0 radical (unpaired) electrons. The van der Waals surface area contributed by atoms with Crippen molar-refractivity contribution in [2.24, 2.45) is 10.3 Å². The van der Waals surface area contributed by atoms with Crippen LogP contribution in [0.2, 0.25) is 5.02 Å². The number of carbonyl (C=O) groups is 3. The number of ether oxygens (including phenoxy) is 1. The third kappa shape index (κ3) is 4.20. The Morgan fingerprint density at radius 2 is 1.59 bits per heavy atom. The molecule has 2 atom stereocenters. The highest BCUT2D eigenvalue weighted by Crippen LogP contribution is 2.32. The van der Waals surface area contributed by atoms with Gasteiger partial charge in [0.2, 0.25) is 5.91 Å². The van der Waals surface area contributed by atoms with Gasteiger partial charge in [0.05, 0.1) is 5.69 Å². The van der Waals surface area contributed by atoms with Gasteiger partial charge in [-0.2, -0.15) is 5.11 Å². The van der Waals surface area contributed by atoms with Gasteiger partial charge in [0.25, 0.3) is 11.8 Å². The highest BCUT2D eigenvalue weighted by atomic mass is 35.5. The molecule has 3 aromatic rings. The maximum absolute atomic E-state index is 13.0. The first-order valence-corrected chi connectivity index (χ1v) is 10.8. The molecule has 2 unspecified atom stereocenters. The number of hydrogen-bond acceptors (Lipinski definition) is 7. The summed E-state index contributed by atoms with van der Waals surface area (Å²) in [6, 6.07) is 20.6. The van der Waals surface area contributed by atoms with Crippen LogP contribution in [-0.2, 0) is 14.4 Å². The zero-order chi connectivity index (χ0) is 23.7. The number of para-hydroxylation sites is 1. The first-order chi connectivity index (χ1) is 16.5. The molecule has 34 heavy (non-hydrogen) atoms. The van der Waals surface area contributed by atoms with E-state index in [1.807, 2.05) is 30.3 Å². The maximum Gasteiger partial charge on any atom is 0.263 e. The average Bonchev–Trinajstić information content (AvgIpc) is 3.36. The van der Waals surface area contributed by atoms with Crippen LogP contribution in [0.4, 0.5) is 11.4 Å².